The molecule has 0 aliphatic carbocycles. The summed E-state index contributed by atoms with van der Waals surface area (Å²) < 4.78 is 30.7. The van der Waals surface area contributed by atoms with Crippen LogP contribution in [-0.2, 0) is 19.6 Å². The number of rotatable bonds is 7. The highest BCUT2D eigenvalue weighted by Gasteiger charge is 2.17. The molecular weight excluding hydrogens is 282 g/mol. The van der Waals surface area contributed by atoms with Gasteiger partial charge in [0.15, 0.2) is 5.78 Å². The molecule has 1 aromatic rings. The van der Waals surface area contributed by atoms with Crippen LogP contribution < -0.4 is 4.72 Å². The minimum Gasteiger partial charge on any atom is -0.465 e. The van der Waals surface area contributed by atoms with Crippen molar-refractivity contribution in [1.29, 1.82) is 0 Å². The molecule has 0 heterocycles. The molecule has 1 N–H and O–H groups in total. The Balaban J connectivity index is 2.87. The lowest BCUT2D eigenvalue weighted by atomic mass is 10.1. The largest absolute Gasteiger partial charge is 0.465 e. The number of ether oxygens (including phenoxy) is 1. The van der Waals surface area contributed by atoms with Crippen LogP contribution in [0, 0.1) is 0 Å². The molecule has 110 valence electrons. The van der Waals surface area contributed by atoms with Gasteiger partial charge in [0.1, 0.15) is 6.54 Å². The van der Waals surface area contributed by atoms with E-state index in [0.29, 0.717) is 12.0 Å². The number of benzene rings is 1. The third-order valence-corrected chi connectivity index (χ3v) is 3.90. The Kier molecular flexibility index (Phi) is 5.84. The van der Waals surface area contributed by atoms with Crippen LogP contribution in [0.1, 0.15) is 30.6 Å². The number of Topliss-reactive ketones (excluding diaryl/α,β-unsaturated/α-hetero) is 1. The molecule has 7 heteroatoms. The molecule has 0 aliphatic heterocycles. The highest BCUT2D eigenvalue weighted by molar-refractivity contribution is 7.89. The summed E-state index contributed by atoms with van der Waals surface area (Å²) in [6, 6.07) is 5.69. The maximum Gasteiger partial charge on any atom is 0.321 e. The predicted octanol–water partition coefficient (Wildman–Crippen LogP) is 1.12. The van der Waals surface area contributed by atoms with Gasteiger partial charge in [-0.3, -0.25) is 9.59 Å². The van der Waals surface area contributed by atoms with Gasteiger partial charge in [-0.15, -0.1) is 0 Å². The SMILES string of the molecule is CCOC(=O)CNS(=O)(=O)c1cccc(C(=O)CC)c1. The van der Waals surface area contributed by atoms with E-state index in [4.69, 9.17) is 0 Å². The Morgan fingerprint density at radius 2 is 1.95 bits per heavy atom. The van der Waals surface area contributed by atoms with Gasteiger partial charge in [-0.1, -0.05) is 19.1 Å². The molecule has 0 atom stereocenters. The van der Waals surface area contributed by atoms with Crippen molar-refractivity contribution in [2.75, 3.05) is 13.2 Å². The third-order valence-electron chi connectivity index (χ3n) is 2.50. The molecule has 0 unspecified atom stereocenters. The number of esters is 1. The zero-order valence-corrected chi connectivity index (χ0v) is 12.2. The standard InChI is InChI=1S/C13H17NO5S/c1-3-12(15)10-6-5-7-11(8-10)20(17,18)14-9-13(16)19-4-2/h5-8,14H,3-4,9H2,1-2H3. The third kappa shape index (κ3) is 4.43. The van der Waals surface area contributed by atoms with Crippen LogP contribution in [0.4, 0.5) is 0 Å². The number of hydrogen-bond acceptors (Lipinski definition) is 5. The Morgan fingerprint density at radius 1 is 1.25 bits per heavy atom. The van der Waals surface area contributed by atoms with E-state index in [1.54, 1.807) is 19.9 Å². The molecule has 20 heavy (non-hydrogen) atoms. The van der Waals surface area contributed by atoms with E-state index < -0.39 is 22.5 Å². The molecule has 0 radical (unpaired) electrons. The number of carbonyl (C=O) groups is 2. The van der Waals surface area contributed by atoms with Crippen LogP contribution in [0.2, 0.25) is 0 Å². The number of nitrogens with one attached hydrogen (secondary N) is 1. The van der Waals surface area contributed by atoms with Crippen molar-refractivity contribution in [2.45, 2.75) is 25.2 Å². The van der Waals surface area contributed by atoms with E-state index in [2.05, 4.69) is 9.46 Å². The van der Waals surface area contributed by atoms with E-state index in [1.807, 2.05) is 0 Å². The first-order valence-electron chi connectivity index (χ1n) is 6.19. The van der Waals surface area contributed by atoms with Crippen molar-refractivity contribution in [3.8, 4) is 0 Å². The lowest BCUT2D eigenvalue weighted by Crippen LogP contribution is -2.30. The summed E-state index contributed by atoms with van der Waals surface area (Å²) in [5.74, 6) is -0.802. The molecule has 0 aromatic heterocycles. The number of ketones is 1. The van der Waals surface area contributed by atoms with Gasteiger partial charge in [0.25, 0.3) is 0 Å². The summed E-state index contributed by atoms with van der Waals surface area (Å²) in [6.07, 6.45) is 0.291. The second-order valence-corrected chi connectivity index (χ2v) is 5.70. The highest BCUT2D eigenvalue weighted by Crippen LogP contribution is 2.12. The van der Waals surface area contributed by atoms with Crippen molar-refractivity contribution in [1.82, 2.24) is 4.72 Å². The molecule has 0 aliphatic rings. The fraction of sp³-hybridized carbons (Fsp3) is 0.385. The first kappa shape index (κ1) is 16.3. The highest BCUT2D eigenvalue weighted by atomic mass is 32.2. The molecular formula is C13H17NO5S. The van der Waals surface area contributed by atoms with Crippen molar-refractivity contribution in [3.63, 3.8) is 0 Å². The Labute approximate surface area is 118 Å². The first-order valence-corrected chi connectivity index (χ1v) is 7.67. The summed E-state index contributed by atoms with van der Waals surface area (Å²) >= 11 is 0. The smallest absolute Gasteiger partial charge is 0.321 e. The maximum absolute atomic E-state index is 12.0. The zero-order chi connectivity index (χ0) is 15.2. The molecule has 0 amide bonds. The molecule has 6 nitrogen and oxygen atoms in total. The zero-order valence-electron chi connectivity index (χ0n) is 11.4. The average molecular weight is 299 g/mol. The Hall–Kier alpha value is -1.73. The lowest BCUT2D eigenvalue weighted by Gasteiger charge is -2.07. The van der Waals surface area contributed by atoms with Crippen LogP contribution >= 0.6 is 0 Å². The molecule has 1 rings (SSSR count). The number of carbonyl (C=O) groups excluding carboxylic acids is 2. The quantitative estimate of drug-likeness (QED) is 0.602. The summed E-state index contributed by atoms with van der Waals surface area (Å²) in [4.78, 5) is 22.6. The molecule has 0 fully saturated rings. The Bertz CT molecular complexity index is 595. The van der Waals surface area contributed by atoms with Crippen LogP contribution in [0.3, 0.4) is 0 Å². The van der Waals surface area contributed by atoms with Gasteiger partial charge in [0.2, 0.25) is 10.0 Å². The topological polar surface area (TPSA) is 89.5 Å². The van der Waals surface area contributed by atoms with Crippen LogP contribution in [0.5, 0.6) is 0 Å². The molecule has 0 saturated heterocycles. The van der Waals surface area contributed by atoms with Gasteiger partial charge in [-0.05, 0) is 19.1 Å². The fourth-order valence-electron chi connectivity index (χ4n) is 1.49. The second-order valence-electron chi connectivity index (χ2n) is 3.93. The van der Waals surface area contributed by atoms with Gasteiger partial charge in [0.05, 0.1) is 11.5 Å². The van der Waals surface area contributed by atoms with Gasteiger partial charge < -0.3 is 4.74 Å². The van der Waals surface area contributed by atoms with Crippen molar-refractivity contribution in [3.05, 3.63) is 29.8 Å². The van der Waals surface area contributed by atoms with Crippen LogP contribution in [0.15, 0.2) is 29.2 Å². The fourth-order valence-corrected chi connectivity index (χ4v) is 2.50. The van der Waals surface area contributed by atoms with Gasteiger partial charge in [0, 0.05) is 12.0 Å². The molecule has 0 bridgehead atoms. The number of sulfonamides is 1. The molecule has 1 aromatic carbocycles. The average Bonchev–Trinajstić information content (AvgIpc) is 2.45. The van der Waals surface area contributed by atoms with E-state index >= 15 is 0 Å². The number of hydrogen-bond donors (Lipinski definition) is 1. The summed E-state index contributed by atoms with van der Waals surface area (Å²) in [7, 11) is -3.84. The van der Waals surface area contributed by atoms with Gasteiger partial charge in [-0.25, -0.2) is 8.42 Å². The predicted molar refractivity (Wildman–Crippen MR) is 72.9 cm³/mol. The van der Waals surface area contributed by atoms with E-state index in [1.165, 1.54) is 18.2 Å². The van der Waals surface area contributed by atoms with Gasteiger partial charge in [-0.2, -0.15) is 4.72 Å². The maximum atomic E-state index is 12.0. The van der Waals surface area contributed by atoms with E-state index in [-0.39, 0.29) is 17.3 Å². The normalized spacial score (nSPS) is 11.1. The van der Waals surface area contributed by atoms with E-state index in [0.717, 1.165) is 0 Å². The summed E-state index contributed by atoms with van der Waals surface area (Å²) in [6.45, 7) is 3.07. The van der Waals surface area contributed by atoms with Gasteiger partial charge >= 0.3 is 5.97 Å². The van der Waals surface area contributed by atoms with Crippen LogP contribution in [-0.4, -0.2) is 33.3 Å². The monoisotopic (exact) mass is 299 g/mol. The summed E-state index contributed by atoms with van der Waals surface area (Å²) in [5, 5.41) is 0. The first-order chi connectivity index (χ1) is 9.40. The second kappa shape index (κ2) is 7.16. The van der Waals surface area contributed by atoms with Crippen molar-refractivity contribution in [2.24, 2.45) is 0 Å². The minimum atomic E-state index is -3.84. The lowest BCUT2D eigenvalue weighted by molar-refractivity contribution is -0.141. The molecule has 0 saturated carbocycles. The van der Waals surface area contributed by atoms with E-state index in [9.17, 15) is 18.0 Å². The minimum absolute atomic E-state index is 0.0545. The van der Waals surface area contributed by atoms with Crippen LogP contribution in [0.25, 0.3) is 0 Å². The van der Waals surface area contributed by atoms with Crippen molar-refractivity contribution >= 4 is 21.8 Å². The van der Waals surface area contributed by atoms with Crippen molar-refractivity contribution < 1.29 is 22.7 Å². The molecule has 0 spiro atoms. The summed E-state index contributed by atoms with van der Waals surface area (Å²) in [5.41, 5.74) is 0.325. The Morgan fingerprint density at radius 3 is 2.55 bits per heavy atom.